The third-order valence-electron chi connectivity index (χ3n) is 4.72. The molecule has 0 bridgehead atoms. The molecule has 4 heteroatoms. The number of amides is 1. The summed E-state index contributed by atoms with van der Waals surface area (Å²) >= 11 is 0. The van der Waals surface area contributed by atoms with Crippen molar-refractivity contribution in [3.05, 3.63) is 96.6 Å². The van der Waals surface area contributed by atoms with E-state index in [0.717, 1.165) is 27.4 Å². The largest absolute Gasteiger partial charge is 0.435 e. The lowest BCUT2D eigenvalue weighted by Gasteiger charge is -2.08. The average molecular weight is 364 g/mol. The minimum Gasteiger partial charge on any atom is -0.435 e. The summed E-state index contributed by atoms with van der Waals surface area (Å²) in [4.78, 5) is 17.2. The predicted molar refractivity (Wildman–Crippen MR) is 111 cm³/mol. The molecule has 0 spiro atoms. The van der Waals surface area contributed by atoms with Crippen molar-refractivity contribution in [2.75, 3.05) is 5.32 Å². The molecule has 0 aliphatic carbocycles. The van der Waals surface area contributed by atoms with Gasteiger partial charge in [-0.15, -0.1) is 0 Å². The van der Waals surface area contributed by atoms with E-state index in [0.29, 0.717) is 17.1 Å². The molecule has 28 heavy (non-hydrogen) atoms. The zero-order valence-corrected chi connectivity index (χ0v) is 14.9. The zero-order chi connectivity index (χ0) is 18.9. The summed E-state index contributed by atoms with van der Waals surface area (Å²) in [7, 11) is 0. The Hall–Kier alpha value is -3.92. The second kappa shape index (κ2) is 6.67. The molecular weight excluding hydrogens is 348 g/mol. The molecule has 0 fully saturated rings. The number of benzene rings is 4. The quantitative estimate of drug-likeness (QED) is 0.433. The highest BCUT2D eigenvalue weighted by molar-refractivity contribution is 6.07. The van der Waals surface area contributed by atoms with Crippen molar-refractivity contribution in [1.82, 2.24) is 4.98 Å². The van der Waals surface area contributed by atoms with Crippen LogP contribution in [0.3, 0.4) is 0 Å². The summed E-state index contributed by atoms with van der Waals surface area (Å²) in [5, 5.41) is 5.09. The van der Waals surface area contributed by atoms with Crippen LogP contribution in [0.2, 0.25) is 0 Å². The number of carbonyl (C=O) groups excluding carboxylic acids is 1. The van der Waals surface area contributed by atoms with E-state index in [1.807, 2.05) is 78.9 Å². The molecule has 0 unspecified atom stereocenters. The fourth-order valence-electron chi connectivity index (χ4n) is 3.33. The summed E-state index contributed by atoms with van der Waals surface area (Å²) in [6.45, 7) is 0. The van der Waals surface area contributed by atoms with Gasteiger partial charge in [0.2, 0.25) is 5.89 Å². The van der Waals surface area contributed by atoms with E-state index < -0.39 is 0 Å². The SMILES string of the molecule is O=C(Nc1ccccc1-c1nc2ccc3ccccc3c2o1)c1ccccc1. The van der Waals surface area contributed by atoms with Gasteiger partial charge < -0.3 is 9.73 Å². The third kappa shape index (κ3) is 2.81. The van der Waals surface area contributed by atoms with Crippen molar-refractivity contribution in [1.29, 1.82) is 0 Å². The topological polar surface area (TPSA) is 55.1 Å². The molecule has 5 rings (SSSR count). The Morgan fingerprint density at radius 1 is 0.786 bits per heavy atom. The third-order valence-corrected chi connectivity index (χ3v) is 4.72. The summed E-state index contributed by atoms with van der Waals surface area (Å²) in [5.41, 5.74) is 3.54. The number of hydrogen-bond donors (Lipinski definition) is 1. The number of nitrogens with zero attached hydrogens (tertiary/aromatic N) is 1. The number of anilines is 1. The molecular formula is C24H16N2O2. The number of carbonyl (C=O) groups is 1. The Bertz CT molecular complexity index is 1310. The van der Waals surface area contributed by atoms with Crippen LogP contribution in [-0.2, 0) is 0 Å². The number of para-hydroxylation sites is 1. The molecule has 4 aromatic carbocycles. The Balaban J connectivity index is 1.59. The van der Waals surface area contributed by atoms with Crippen LogP contribution in [0.15, 0.2) is 95.4 Å². The molecule has 1 amide bonds. The number of hydrogen-bond acceptors (Lipinski definition) is 3. The first kappa shape index (κ1) is 16.3. The van der Waals surface area contributed by atoms with Gasteiger partial charge in [0.15, 0.2) is 5.58 Å². The molecule has 4 nitrogen and oxygen atoms in total. The van der Waals surface area contributed by atoms with Crippen LogP contribution in [0.5, 0.6) is 0 Å². The molecule has 0 saturated carbocycles. The van der Waals surface area contributed by atoms with E-state index in [9.17, 15) is 4.79 Å². The maximum Gasteiger partial charge on any atom is 0.255 e. The highest BCUT2D eigenvalue weighted by Gasteiger charge is 2.15. The van der Waals surface area contributed by atoms with Crippen LogP contribution in [0.25, 0.3) is 33.3 Å². The van der Waals surface area contributed by atoms with Crippen LogP contribution < -0.4 is 5.32 Å². The number of rotatable bonds is 3. The minimum absolute atomic E-state index is 0.172. The number of oxazole rings is 1. The molecule has 0 aliphatic rings. The van der Waals surface area contributed by atoms with Crippen LogP contribution in [0, 0.1) is 0 Å². The summed E-state index contributed by atoms with van der Waals surface area (Å²) < 4.78 is 6.13. The highest BCUT2D eigenvalue weighted by atomic mass is 16.3. The van der Waals surface area contributed by atoms with Gasteiger partial charge in [-0.25, -0.2) is 4.98 Å². The van der Waals surface area contributed by atoms with Crippen LogP contribution in [0.1, 0.15) is 10.4 Å². The Morgan fingerprint density at radius 3 is 2.43 bits per heavy atom. The minimum atomic E-state index is -0.172. The molecule has 1 heterocycles. The molecule has 0 radical (unpaired) electrons. The van der Waals surface area contributed by atoms with Crippen molar-refractivity contribution in [2.45, 2.75) is 0 Å². The Kier molecular flexibility index (Phi) is 3.87. The van der Waals surface area contributed by atoms with Crippen molar-refractivity contribution < 1.29 is 9.21 Å². The van der Waals surface area contributed by atoms with Gasteiger partial charge in [-0.2, -0.15) is 0 Å². The van der Waals surface area contributed by atoms with Gasteiger partial charge in [0.05, 0.1) is 11.3 Å². The fraction of sp³-hybridized carbons (Fsp3) is 0. The van der Waals surface area contributed by atoms with Crippen molar-refractivity contribution >= 4 is 33.5 Å². The Labute approximate surface area is 161 Å². The lowest BCUT2D eigenvalue weighted by Crippen LogP contribution is -2.12. The summed E-state index contributed by atoms with van der Waals surface area (Å²) in [6.07, 6.45) is 0. The van der Waals surface area contributed by atoms with E-state index in [1.165, 1.54) is 0 Å². The first-order valence-electron chi connectivity index (χ1n) is 9.04. The maximum atomic E-state index is 12.6. The normalized spacial score (nSPS) is 11.0. The molecule has 1 N–H and O–H groups in total. The van der Waals surface area contributed by atoms with Gasteiger partial charge in [-0.1, -0.05) is 60.7 Å². The molecule has 5 aromatic rings. The molecule has 0 aliphatic heterocycles. The van der Waals surface area contributed by atoms with E-state index in [2.05, 4.69) is 10.3 Å². The van der Waals surface area contributed by atoms with E-state index in [4.69, 9.17) is 4.42 Å². The predicted octanol–water partition coefficient (Wildman–Crippen LogP) is 5.90. The van der Waals surface area contributed by atoms with Gasteiger partial charge in [-0.3, -0.25) is 4.79 Å². The van der Waals surface area contributed by atoms with Gasteiger partial charge >= 0.3 is 0 Å². The molecule has 0 saturated heterocycles. The van der Waals surface area contributed by atoms with E-state index in [1.54, 1.807) is 12.1 Å². The monoisotopic (exact) mass is 364 g/mol. The van der Waals surface area contributed by atoms with Gasteiger partial charge in [-0.05, 0) is 35.7 Å². The number of aromatic nitrogens is 1. The van der Waals surface area contributed by atoms with E-state index in [-0.39, 0.29) is 5.91 Å². The van der Waals surface area contributed by atoms with Crippen molar-refractivity contribution in [2.24, 2.45) is 0 Å². The number of fused-ring (bicyclic) bond motifs is 3. The standard InChI is InChI=1S/C24H16N2O2/c27-23(17-9-2-1-3-10-17)25-20-13-7-6-12-19(20)24-26-21-15-14-16-8-4-5-11-18(16)22(21)28-24/h1-15H,(H,25,27). The Morgan fingerprint density at radius 2 is 1.54 bits per heavy atom. The van der Waals surface area contributed by atoms with Crippen LogP contribution in [-0.4, -0.2) is 10.9 Å². The lowest BCUT2D eigenvalue weighted by atomic mass is 10.1. The van der Waals surface area contributed by atoms with Gasteiger partial charge in [0.25, 0.3) is 5.91 Å². The van der Waals surface area contributed by atoms with Crippen molar-refractivity contribution in [3.8, 4) is 11.5 Å². The second-order valence-corrected chi connectivity index (χ2v) is 6.52. The number of nitrogens with one attached hydrogen (secondary N) is 1. The molecule has 0 atom stereocenters. The zero-order valence-electron chi connectivity index (χ0n) is 14.9. The van der Waals surface area contributed by atoms with E-state index >= 15 is 0 Å². The average Bonchev–Trinajstić information content (AvgIpc) is 3.19. The van der Waals surface area contributed by atoms with Crippen molar-refractivity contribution in [3.63, 3.8) is 0 Å². The highest BCUT2D eigenvalue weighted by Crippen LogP contribution is 2.33. The maximum absolute atomic E-state index is 12.6. The lowest BCUT2D eigenvalue weighted by molar-refractivity contribution is 0.102. The summed E-state index contributed by atoms with van der Waals surface area (Å²) in [5.74, 6) is 0.310. The molecule has 134 valence electrons. The van der Waals surface area contributed by atoms with Gasteiger partial charge in [0, 0.05) is 10.9 Å². The second-order valence-electron chi connectivity index (χ2n) is 6.52. The fourth-order valence-corrected chi connectivity index (χ4v) is 3.33. The first-order chi connectivity index (χ1) is 13.8. The van der Waals surface area contributed by atoms with Gasteiger partial charge in [0.1, 0.15) is 5.52 Å². The van der Waals surface area contributed by atoms with Crippen LogP contribution >= 0.6 is 0 Å². The summed E-state index contributed by atoms with van der Waals surface area (Å²) in [6, 6.07) is 28.7. The smallest absolute Gasteiger partial charge is 0.255 e. The first-order valence-corrected chi connectivity index (χ1v) is 9.04. The van der Waals surface area contributed by atoms with Crippen LogP contribution in [0.4, 0.5) is 5.69 Å². The molecule has 1 aromatic heterocycles.